The SMILES string of the molecule is CN(C)C(CNc1cc(C#N)ccc1[N+](=O)[O-])Cc1ccccc1. The van der Waals surface area contributed by atoms with Crippen LogP contribution in [0.1, 0.15) is 11.1 Å². The van der Waals surface area contributed by atoms with Crippen molar-refractivity contribution in [3.05, 3.63) is 69.8 Å². The number of benzene rings is 2. The van der Waals surface area contributed by atoms with E-state index in [0.29, 0.717) is 17.8 Å². The Hall–Kier alpha value is -2.91. The molecule has 6 nitrogen and oxygen atoms in total. The van der Waals surface area contributed by atoms with Crippen molar-refractivity contribution in [3.63, 3.8) is 0 Å². The molecule has 0 amide bonds. The van der Waals surface area contributed by atoms with Crippen molar-refractivity contribution in [3.8, 4) is 6.07 Å². The van der Waals surface area contributed by atoms with E-state index < -0.39 is 4.92 Å². The highest BCUT2D eigenvalue weighted by Crippen LogP contribution is 2.25. The first-order chi connectivity index (χ1) is 11.5. The summed E-state index contributed by atoms with van der Waals surface area (Å²) in [5.74, 6) is 0. The molecule has 0 aromatic heterocycles. The zero-order valence-corrected chi connectivity index (χ0v) is 13.8. The van der Waals surface area contributed by atoms with Gasteiger partial charge in [0.15, 0.2) is 0 Å². The lowest BCUT2D eigenvalue weighted by Crippen LogP contribution is -2.36. The zero-order valence-electron chi connectivity index (χ0n) is 13.8. The Morgan fingerprint density at radius 1 is 1.25 bits per heavy atom. The normalized spacial score (nSPS) is 11.8. The van der Waals surface area contributed by atoms with Crippen molar-refractivity contribution in [2.45, 2.75) is 12.5 Å². The average Bonchev–Trinajstić information content (AvgIpc) is 2.58. The molecule has 0 fully saturated rings. The molecule has 0 radical (unpaired) electrons. The van der Waals surface area contributed by atoms with Crippen LogP contribution in [0.5, 0.6) is 0 Å². The topological polar surface area (TPSA) is 82.2 Å². The van der Waals surface area contributed by atoms with Crippen LogP contribution in [-0.2, 0) is 6.42 Å². The van der Waals surface area contributed by atoms with Crippen molar-refractivity contribution in [2.75, 3.05) is 26.0 Å². The minimum atomic E-state index is -0.439. The molecule has 0 saturated carbocycles. The Morgan fingerprint density at radius 2 is 1.96 bits per heavy atom. The molecule has 0 aliphatic rings. The highest BCUT2D eigenvalue weighted by atomic mass is 16.6. The molecular formula is C18H20N4O2. The molecule has 0 aliphatic carbocycles. The van der Waals surface area contributed by atoms with Crippen LogP contribution in [0.2, 0.25) is 0 Å². The molecule has 2 aromatic rings. The summed E-state index contributed by atoms with van der Waals surface area (Å²) in [6, 6.07) is 16.6. The summed E-state index contributed by atoms with van der Waals surface area (Å²) < 4.78 is 0. The Bertz CT molecular complexity index is 738. The molecule has 24 heavy (non-hydrogen) atoms. The molecule has 0 saturated heterocycles. The van der Waals surface area contributed by atoms with Crippen LogP contribution in [0.25, 0.3) is 0 Å². The van der Waals surface area contributed by atoms with Crippen LogP contribution in [0.15, 0.2) is 48.5 Å². The van der Waals surface area contributed by atoms with Crippen LogP contribution in [-0.4, -0.2) is 36.5 Å². The smallest absolute Gasteiger partial charge is 0.292 e. The number of nitro groups is 1. The van der Waals surface area contributed by atoms with Gasteiger partial charge in [-0.2, -0.15) is 5.26 Å². The summed E-state index contributed by atoms with van der Waals surface area (Å²) in [4.78, 5) is 12.8. The van der Waals surface area contributed by atoms with Crippen molar-refractivity contribution in [1.29, 1.82) is 5.26 Å². The standard InChI is InChI=1S/C18H20N4O2/c1-21(2)16(10-14-6-4-3-5-7-14)13-20-17-11-15(12-19)8-9-18(17)22(23)24/h3-9,11,16,20H,10,13H2,1-2H3. The van der Waals surface area contributed by atoms with Crippen LogP contribution >= 0.6 is 0 Å². The maximum Gasteiger partial charge on any atom is 0.292 e. The van der Waals surface area contributed by atoms with Crippen molar-refractivity contribution >= 4 is 11.4 Å². The van der Waals surface area contributed by atoms with Gasteiger partial charge in [0.1, 0.15) is 5.69 Å². The minimum Gasteiger partial charge on any atom is -0.378 e. The summed E-state index contributed by atoms with van der Waals surface area (Å²) in [5.41, 5.74) is 1.95. The summed E-state index contributed by atoms with van der Waals surface area (Å²) in [6.07, 6.45) is 0.826. The number of nitrogens with zero attached hydrogens (tertiary/aromatic N) is 3. The fourth-order valence-electron chi connectivity index (χ4n) is 2.46. The number of anilines is 1. The Balaban J connectivity index is 2.14. The van der Waals surface area contributed by atoms with Gasteiger partial charge in [-0.15, -0.1) is 0 Å². The lowest BCUT2D eigenvalue weighted by atomic mass is 10.0. The fourth-order valence-corrected chi connectivity index (χ4v) is 2.46. The molecule has 6 heteroatoms. The van der Waals surface area contributed by atoms with Gasteiger partial charge in [0.25, 0.3) is 5.69 Å². The van der Waals surface area contributed by atoms with Crippen molar-refractivity contribution in [1.82, 2.24) is 4.90 Å². The van der Waals surface area contributed by atoms with Crippen LogP contribution in [0.4, 0.5) is 11.4 Å². The number of rotatable bonds is 7. The molecule has 1 unspecified atom stereocenters. The van der Waals surface area contributed by atoms with E-state index in [1.165, 1.54) is 23.8 Å². The number of nitro benzene ring substituents is 1. The maximum absolute atomic E-state index is 11.2. The van der Waals surface area contributed by atoms with Gasteiger partial charge < -0.3 is 10.2 Å². The van der Waals surface area contributed by atoms with E-state index in [1.807, 2.05) is 38.4 Å². The molecule has 0 bridgehead atoms. The molecule has 0 aliphatic heterocycles. The van der Waals surface area contributed by atoms with E-state index in [9.17, 15) is 10.1 Å². The van der Waals surface area contributed by atoms with E-state index in [1.54, 1.807) is 0 Å². The number of hydrogen-bond acceptors (Lipinski definition) is 5. The fraction of sp³-hybridized carbons (Fsp3) is 0.278. The predicted octanol–water partition coefficient (Wildman–Crippen LogP) is 3.05. The Morgan fingerprint density at radius 3 is 2.54 bits per heavy atom. The lowest BCUT2D eigenvalue weighted by molar-refractivity contribution is -0.384. The third-order valence-electron chi connectivity index (χ3n) is 3.89. The molecule has 0 heterocycles. The molecular weight excluding hydrogens is 304 g/mol. The number of nitrogens with one attached hydrogen (secondary N) is 1. The first kappa shape index (κ1) is 17.4. The lowest BCUT2D eigenvalue weighted by Gasteiger charge is -2.25. The molecule has 1 atom stereocenters. The van der Waals surface area contributed by atoms with Gasteiger partial charge in [0.2, 0.25) is 0 Å². The maximum atomic E-state index is 11.2. The van der Waals surface area contributed by atoms with Gasteiger partial charge in [0.05, 0.1) is 16.6 Å². The molecule has 2 aromatic carbocycles. The number of hydrogen-bond donors (Lipinski definition) is 1. The van der Waals surface area contributed by atoms with E-state index in [0.717, 1.165) is 6.42 Å². The Kier molecular flexibility index (Phi) is 5.88. The van der Waals surface area contributed by atoms with Gasteiger partial charge >= 0.3 is 0 Å². The second kappa shape index (κ2) is 8.09. The zero-order chi connectivity index (χ0) is 17.5. The largest absolute Gasteiger partial charge is 0.378 e. The highest BCUT2D eigenvalue weighted by Gasteiger charge is 2.17. The minimum absolute atomic E-state index is 0.0220. The van der Waals surface area contributed by atoms with E-state index in [4.69, 9.17) is 5.26 Å². The highest BCUT2D eigenvalue weighted by molar-refractivity contribution is 5.64. The quantitative estimate of drug-likeness (QED) is 0.625. The third-order valence-corrected chi connectivity index (χ3v) is 3.89. The molecule has 2 rings (SSSR count). The summed E-state index contributed by atoms with van der Waals surface area (Å²) in [6.45, 7) is 0.539. The molecule has 0 spiro atoms. The summed E-state index contributed by atoms with van der Waals surface area (Å²) in [7, 11) is 3.96. The molecule has 1 N–H and O–H groups in total. The van der Waals surface area contributed by atoms with Gasteiger partial charge in [-0.05, 0) is 38.2 Å². The van der Waals surface area contributed by atoms with Gasteiger partial charge in [-0.25, -0.2) is 0 Å². The predicted molar refractivity (Wildman–Crippen MR) is 93.9 cm³/mol. The van der Waals surface area contributed by atoms with Crippen LogP contribution < -0.4 is 5.32 Å². The van der Waals surface area contributed by atoms with Crippen LogP contribution in [0.3, 0.4) is 0 Å². The average molecular weight is 324 g/mol. The number of nitriles is 1. The first-order valence-corrected chi connectivity index (χ1v) is 7.64. The first-order valence-electron chi connectivity index (χ1n) is 7.64. The van der Waals surface area contributed by atoms with E-state index in [2.05, 4.69) is 22.3 Å². The number of likely N-dealkylation sites (N-methyl/N-ethyl adjacent to an activating group) is 1. The van der Waals surface area contributed by atoms with Crippen molar-refractivity contribution < 1.29 is 4.92 Å². The van der Waals surface area contributed by atoms with Gasteiger partial charge in [0, 0.05) is 18.7 Å². The molecule has 124 valence electrons. The van der Waals surface area contributed by atoms with Gasteiger partial charge in [-0.3, -0.25) is 10.1 Å². The monoisotopic (exact) mass is 324 g/mol. The van der Waals surface area contributed by atoms with E-state index in [-0.39, 0.29) is 11.7 Å². The second-order valence-corrected chi connectivity index (χ2v) is 5.79. The summed E-state index contributed by atoms with van der Waals surface area (Å²) in [5, 5.41) is 23.3. The third kappa shape index (κ3) is 4.54. The van der Waals surface area contributed by atoms with Gasteiger partial charge in [-0.1, -0.05) is 30.3 Å². The Labute approximate surface area is 141 Å². The van der Waals surface area contributed by atoms with Crippen molar-refractivity contribution in [2.24, 2.45) is 0 Å². The van der Waals surface area contributed by atoms with E-state index >= 15 is 0 Å². The summed E-state index contributed by atoms with van der Waals surface area (Å²) >= 11 is 0. The second-order valence-electron chi connectivity index (χ2n) is 5.79. The van der Waals surface area contributed by atoms with Crippen LogP contribution in [0, 0.1) is 21.4 Å².